The smallest absolute Gasteiger partial charge is 0.0998 e. The van der Waals surface area contributed by atoms with Gasteiger partial charge in [0.1, 0.15) is 0 Å². The first-order valence-electron chi connectivity index (χ1n) is 4.99. The summed E-state index contributed by atoms with van der Waals surface area (Å²) < 4.78 is 0. The predicted molar refractivity (Wildman–Crippen MR) is 69.2 cm³/mol. The second kappa shape index (κ2) is 4.96. The van der Waals surface area contributed by atoms with E-state index in [2.05, 4.69) is 22.0 Å². The van der Waals surface area contributed by atoms with Crippen LogP contribution in [0.1, 0.15) is 11.1 Å². The maximum Gasteiger partial charge on any atom is 0.0998 e. The molecule has 0 aliphatic heterocycles. The quantitative estimate of drug-likeness (QED) is 0.754. The van der Waals surface area contributed by atoms with Crippen molar-refractivity contribution in [2.45, 2.75) is 5.33 Å². The van der Waals surface area contributed by atoms with Gasteiger partial charge in [0.15, 0.2) is 0 Å². The Kier molecular flexibility index (Phi) is 3.38. The lowest BCUT2D eigenvalue weighted by molar-refractivity contribution is 1.40. The van der Waals surface area contributed by atoms with Crippen LogP contribution in [0.5, 0.6) is 0 Å². The van der Waals surface area contributed by atoms with Crippen LogP contribution in [0, 0.1) is 11.3 Å². The zero-order valence-electron chi connectivity index (χ0n) is 8.65. The highest BCUT2D eigenvalue weighted by molar-refractivity contribution is 9.08. The third-order valence-electron chi connectivity index (χ3n) is 2.44. The van der Waals surface area contributed by atoms with Gasteiger partial charge in [0, 0.05) is 5.33 Å². The summed E-state index contributed by atoms with van der Waals surface area (Å²) in [5.74, 6) is 0. The van der Waals surface area contributed by atoms with E-state index >= 15 is 0 Å². The van der Waals surface area contributed by atoms with Crippen molar-refractivity contribution in [1.82, 2.24) is 0 Å². The number of alkyl halides is 1. The zero-order valence-corrected chi connectivity index (χ0v) is 10.2. The summed E-state index contributed by atoms with van der Waals surface area (Å²) in [4.78, 5) is 0. The Balaban J connectivity index is 2.54. The van der Waals surface area contributed by atoms with E-state index in [1.165, 1.54) is 0 Å². The number of nitriles is 1. The lowest BCUT2D eigenvalue weighted by Crippen LogP contribution is -1.86. The van der Waals surface area contributed by atoms with Gasteiger partial charge in [0.25, 0.3) is 0 Å². The molecule has 0 bridgehead atoms. The summed E-state index contributed by atoms with van der Waals surface area (Å²) in [5.41, 5.74) is 3.92. The van der Waals surface area contributed by atoms with E-state index in [1.807, 2.05) is 48.5 Å². The van der Waals surface area contributed by atoms with Crippen molar-refractivity contribution in [1.29, 1.82) is 5.26 Å². The van der Waals surface area contributed by atoms with Crippen LogP contribution in [0.4, 0.5) is 0 Å². The molecule has 2 aromatic rings. The molecule has 0 saturated heterocycles. The Labute approximate surface area is 103 Å². The van der Waals surface area contributed by atoms with Crippen LogP contribution in [0.15, 0.2) is 48.5 Å². The fourth-order valence-electron chi connectivity index (χ4n) is 1.64. The van der Waals surface area contributed by atoms with Gasteiger partial charge < -0.3 is 0 Å². The first-order valence-corrected chi connectivity index (χ1v) is 6.11. The molecule has 16 heavy (non-hydrogen) atoms. The van der Waals surface area contributed by atoms with Crippen LogP contribution in [0.2, 0.25) is 0 Å². The molecule has 0 fully saturated rings. The molecule has 0 radical (unpaired) electrons. The second-order valence-corrected chi connectivity index (χ2v) is 4.05. The molecule has 0 heterocycles. The Bertz CT molecular complexity index is 526. The van der Waals surface area contributed by atoms with E-state index in [1.54, 1.807) is 0 Å². The Morgan fingerprint density at radius 3 is 2.44 bits per heavy atom. The van der Waals surface area contributed by atoms with Gasteiger partial charge in [-0.15, -0.1) is 0 Å². The fourth-order valence-corrected chi connectivity index (χ4v) is 1.99. The van der Waals surface area contributed by atoms with E-state index in [0.29, 0.717) is 0 Å². The minimum Gasteiger partial charge on any atom is -0.192 e. The second-order valence-electron chi connectivity index (χ2n) is 3.49. The topological polar surface area (TPSA) is 23.8 Å². The van der Waals surface area contributed by atoms with E-state index in [0.717, 1.165) is 27.6 Å². The average molecular weight is 272 g/mol. The maximum absolute atomic E-state index is 9.13. The third kappa shape index (κ3) is 2.15. The van der Waals surface area contributed by atoms with Crippen LogP contribution in [0.3, 0.4) is 0 Å². The fraction of sp³-hybridized carbons (Fsp3) is 0.0714. The van der Waals surface area contributed by atoms with Crippen LogP contribution in [-0.4, -0.2) is 0 Å². The molecule has 0 aliphatic rings. The molecular formula is C14H10BrN. The molecule has 78 valence electrons. The molecule has 1 nitrogen and oxygen atoms in total. The minimum atomic E-state index is 0.725. The Morgan fingerprint density at radius 1 is 1.06 bits per heavy atom. The molecule has 0 unspecified atom stereocenters. The highest BCUT2D eigenvalue weighted by Crippen LogP contribution is 2.24. The molecule has 0 atom stereocenters. The van der Waals surface area contributed by atoms with Gasteiger partial charge in [0.2, 0.25) is 0 Å². The van der Waals surface area contributed by atoms with Crippen molar-refractivity contribution >= 4 is 15.9 Å². The zero-order chi connectivity index (χ0) is 11.4. The van der Waals surface area contributed by atoms with Gasteiger partial charge in [-0.1, -0.05) is 58.4 Å². The number of nitrogens with zero attached hydrogens (tertiary/aromatic N) is 1. The normalized spacial score (nSPS) is 9.75. The lowest BCUT2D eigenvalue weighted by atomic mass is 9.99. The summed E-state index contributed by atoms with van der Waals surface area (Å²) in [6.07, 6.45) is 0. The summed E-state index contributed by atoms with van der Waals surface area (Å²) in [6, 6.07) is 18.2. The molecule has 0 aliphatic carbocycles. The SMILES string of the molecule is N#Cc1cc(CBr)ccc1-c1ccccc1. The van der Waals surface area contributed by atoms with Gasteiger partial charge in [-0.2, -0.15) is 5.26 Å². The summed E-state index contributed by atoms with van der Waals surface area (Å²) >= 11 is 3.39. The van der Waals surface area contributed by atoms with Crippen molar-refractivity contribution < 1.29 is 0 Å². The molecule has 0 spiro atoms. The van der Waals surface area contributed by atoms with Gasteiger partial charge in [-0.3, -0.25) is 0 Å². The molecule has 0 saturated carbocycles. The van der Waals surface area contributed by atoms with Crippen LogP contribution in [-0.2, 0) is 5.33 Å². The number of hydrogen-bond acceptors (Lipinski definition) is 1. The van der Waals surface area contributed by atoms with Gasteiger partial charge in [-0.25, -0.2) is 0 Å². The van der Waals surface area contributed by atoms with Crippen molar-refractivity contribution in [2.24, 2.45) is 0 Å². The third-order valence-corrected chi connectivity index (χ3v) is 3.09. The van der Waals surface area contributed by atoms with E-state index in [4.69, 9.17) is 5.26 Å². The average Bonchev–Trinajstić information content (AvgIpc) is 2.39. The van der Waals surface area contributed by atoms with E-state index < -0.39 is 0 Å². The lowest BCUT2D eigenvalue weighted by Gasteiger charge is -2.05. The standard InChI is InChI=1S/C14H10BrN/c15-9-11-6-7-14(13(8-11)10-16)12-4-2-1-3-5-12/h1-8H,9H2. The van der Waals surface area contributed by atoms with E-state index in [9.17, 15) is 0 Å². The van der Waals surface area contributed by atoms with Crippen LogP contribution < -0.4 is 0 Å². The molecular weight excluding hydrogens is 262 g/mol. The summed E-state index contributed by atoms with van der Waals surface area (Å²) in [6.45, 7) is 0. The first kappa shape index (κ1) is 10.9. The number of rotatable bonds is 2. The van der Waals surface area contributed by atoms with Crippen LogP contribution in [0.25, 0.3) is 11.1 Å². The predicted octanol–water partition coefficient (Wildman–Crippen LogP) is 4.12. The number of hydrogen-bond donors (Lipinski definition) is 0. The minimum absolute atomic E-state index is 0.725. The van der Waals surface area contributed by atoms with Crippen molar-refractivity contribution in [3.8, 4) is 17.2 Å². The molecule has 0 amide bonds. The molecule has 2 aromatic carbocycles. The van der Waals surface area contributed by atoms with Gasteiger partial charge in [-0.05, 0) is 22.8 Å². The summed E-state index contributed by atoms with van der Waals surface area (Å²) in [5, 5.41) is 9.91. The van der Waals surface area contributed by atoms with Crippen molar-refractivity contribution in [2.75, 3.05) is 0 Å². The van der Waals surface area contributed by atoms with Gasteiger partial charge in [0.05, 0.1) is 11.6 Å². The highest BCUT2D eigenvalue weighted by Gasteiger charge is 2.04. The molecule has 2 rings (SSSR count). The molecule has 0 N–H and O–H groups in total. The molecule has 0 aromatic heterocycles. The summed E-state index contributed by atoms with van der Waals surface area (Å²) in [7, 11) is 0. The van der Waals surface area contributed by atoms with Gasteiger partial charge >= 0.3 is 0 Å². The maximum atomic E-state index is 9.13. The first-order chi connectivity index (χ1) is 7.85. The Morgan fingerprint density at radius 2 is 1.81 bits per heavy atom. The van der Waals surface area contributed by atoms with Crippen molar-refractivity contribution in [3.63, 3.8) is 0 Å². The monoisotopic (exact) mass is 271 g/mol. The van der Waals surface area contributed by atoms with Crippen molar-refractivity contribution in [3.05, 3.63) is 59.7 Å². The van der Waals surface area contributed by atoms with E-state index in [-0.39, 0.29) is 0 Å². The Hall–Kier alpha value is -1.59. The largest absolute Gasteiger partial charge is 0.192 e. The number of benzene rings is 2. The van der Waals surface area contributed by atoms with Crippen LogP contribution >= 0.6 is 15.9 Å². The molecule has 2 heteroatoms. The number of halogens is 1. The highest BCUT2D eigenvalue weighted by atomic mass is 79.9.